The lowest BCUT2D eigenvalue weighted by atomic mass is 9.95. The fourth-order valence-corrected chi connectivity index (χ4v) is 6.77. The first-order chi connectivity index (χ1) is 21.1. The standard InChI is InChI=1S/C34H43N3O6S/c1-5-43-30-18-20-32(21-19-30)44(40,41)37(29-16-14-25(2)15-17-29)24-33(38)36(23-27-10-9-13-31(22-27)42-4)26(3)34(39)35-28-11-7-6-8-12-28/h9-10,13-22,26,28H,5-8,11-12,23-24H2,1-4H3,(H,35,39). The van der Waals surface area contributed by atoms with Crippen LogP contribution in [0.15, 0.2) is 77.7 Å². The van der Waals surface area contributed by atoms with Gasteiger partial charge in [0.25, 0.3) is 10.0 Å². The van der Waals surface area contributed by atoms with Crippen LogP contribution in [0.25, 0.3) is 0 Å². The van der Waals surface area contributed by atoms with Gasteiger partial charge in [-0.05, 0) is 87.7 Å². The van der Waals surface area contributed by atoms with E-state index in [1.54, 1.807) is 62.6 Å². The maximum atomic E-state index is 14.2. The van der Waals surface area contributed by atoms with E-state index in [1.165, 1.54) is 17.0 Å². The SMILES string of the molecule is CCOc1ccc(S(=O)(=O)N(CC(=O)N(Cc2cccc(OC)c2)C(C)C(=O)NC2CCCCC2)c2ccc(C)cc2)cc1. The summed E-state index contributed by atoms with van der Waals surface area (Å²) >= 11 is 0. The molecule has 0 aliphatic heterocycles. The smallest absolute Gasteiger partial charge is 0.264 e. The molecule has 1 N–H and O–H groups in total. The van der Waals surface area contributed by atoms with Crippen molar-refractivity contribution < 1.29 is 27.5 Å². The van der Waals surface area contributed by atoms with Crippen LogP contribution in [0.3, 0.4) is 0 Å². The third-order valence-electron chi connectivity index (χ3n) is 7.93. The highest BCUT2D eigenvalue weighted by Gasteiger charge is 2.33. The highest BCUT2D eigenvalue weighted by molar-refractivity contribution is 7.92. The first-order valence-electron chi connectivity index (χ1n) is 15.2. The van der Waals surface area contributed by atoms with Crippen LogP contribution >= 0.6 is 0 Å². The van der Waals surface area contributed by atoms with Crippen LogP contribution in [0, 0.1) is 6.92 Å². The van der Waals surface area contributed by atoms with Crippen LogP contribution in [-0.2, 0) is 26.2 Å². The van der Waals surface area contributed by atoms with Gasteiger partial charge in [0.2, 0.25) is 11.8 Å². The molecule has 1 aliphatic rings. The van der Waals surface area contributed by atoms with Crippen LogP contribution < -0.4 is 19.1 Å². The molecule has 0 radical (unpaired) electrons. The quantitative estimate of drug-likeness (QED) is 0.272. The number of methoxy groups -OCH3 is 1. The van der Waals surface area contributed by atoms with E-state index in [0.29, 0.717) is 23.8 Å². The van der Waals surface area contributed by atoms with E-state index >= 15 is 0 Å². The molecule has 9 nitrogen and oxygen atoms in total. The molecule has 1 aliphatic carbocycles. The zero-order chi connectivity index (χ0) is 31.7. The second-order valence-electron chi connectivity index (χ2n) is 11.1. The summed E-state index contributed by atoms with van der Waals surface area (Å²) in [6.07, 6.45) is 5.08. The van der Waals surface area contributed by atoms with Crippen molar-refractivity contribution in [2.24, 2.45) is 0 Å². The van der Waals surface area contributed by atoms with Gasteiger partial charge in [0.05, 0.1) is 24.3 Å². The van der Waals surface area contributed by atoms with Gasteiger partial charge in [-0.2, -0.15) is 0 Å². The van der Waals surface area contributed by atoms with E-state index in [1.807, 2.05) is 26.0 Å². The highest BCUT2D eigenvalue weighted by Crippen LogP contribution is 2.27. The number of amides is 2. The maximum absolute atomic E-state index is 14.2. The van der Waals surface area contributed by atoms with Gasteiger partial charge in [-0.15, -0.1) is 0 Å². The summed E-state index contributed by atoms with van der Waals surface area (Å²) < 4.78 is 40.1. The van der Waals surface area contributed by atoms with E-state index in [4.69, 9.17) is 9.47 Å². The summed E-state index contributed by atoms with van der Waals surface area (Å²) in [7, 11) is -2.61. The van der Waals surface area contributed by atoms with Crippen LogP contribution in [0.1, 0.15) is 57.1 Å². The molecule has 1 atom stereocenters. The number of nitrogens with zero attached hydrogens (tertiary/aromatic N) is 2. The minimum absolute atomic E-state index is 0.0248. The number of nitrogens with one attached hydrogen (secondary N) is 1. The van der Waals surface area contributed by atoms with Crippen molar-refractivity contribution in [3.05, 3.63) is 83.9 Å². The van der Waals surface area contributed by atoms with Crippen LogP contribution in [0.2, 0.25) is 0 Å². The van der Waals surface area contributed by atoms with Gasteiger partial charge in [-0.3, -0.25) is 13.9 Å². The third-order valence-corrected chi connectivity index (χ3v) is 9.72. The van der Waals surface area contributed by atoms with Crippen molar-refractivity contribution in [3.8, 4) is 11.5 Å². The second-order valence-corrected chi connectivity index (χ2v) is 13.0. The molecule has 1 fully saturated rings. The van der Waals surface area contributed by atoms with Crippen LogP contribution in [0.4, 0.5) is 5.69 Å². The molecule has 1 saturated carbocycles. The molecule has 0 spiro atoms. The minimum Gasteiger partial charge on any atom is -0.497 e. The molecule has 1 unspecified atom stereocenters. The Hall–Kier alpha value is -4.05. The average Bonchev–Trinajstić information content (AvgIpc) is 3.03. The lowest BCUT2D eigenvalue weighted by Crippen LogP contribution is -2.53. The molecular weight excluding hydrogens is 578 g/mol. The summed E-state index contributed by atoms with van der Waals surface area (Å²) in [5.74, 6) is 0.402. The first kappa shape index (κ1) is 32.9. The van der Waals surface area contributed by atoms with Crippen molar-refractivity contribution in [3.63, 3.8) is 0 Å². The summed E-state index contributed by atoms with van der Waals surface area (Å²) in [5, 5.41) is 3.12. The summed E-state index contributed by atoms with van der Waals surface area (Å²) in [4.78, 5) is 29.2. The number of carbonyl (C=O) groups is 2. The minimum atomic E-state index is -4.17. The Labute approximate surface area is 261 Å². The molecule has 44 heavy (non-hydrogen) atoms. The number of anilines is 1. The fourth-order valence-electron chi connectivity index (χ4n) is 5.36. The largest absolute Gasteiger partial charge is 0.497 e. The number of benzene rings is 3. The van der Waals surface area contributed by atoms with E-state index in [0.717, 1.165) is 47.5 Å². The predicted octanol–water partition coefficient (Wildman–Crippen LogP) is 5.46. The molecule has 10 heteroatoms. The Morgan fingerprint density at radius 2 is 1.64 bits per heavy atom. The van der Waals surface area contributed by atoms with Crippen molar-refractivity contribution in [2.75, 3.05) is 24.6 Å². The highest BCUT2D eigenvalue weighted by atomic mass is 32.2. The van der Waals surface area contributed by atoms with Crippen molar-refractivity contribution in [2.45, 2.75) is 76.4 Å². The van der Waals surface area contributed by atoms with E-state index in [9.17, 15) is 18.0 Å². The second kappa shape index (κ2) is 15.1. The number of rotatable bonds is 13. The number of hydrogen-bond donors (Lipinski definition) is 1. The van der Waals surface area contributed by atoms with Crippen LogP contribution in [0.5, 0.6) is 11.5 Å². The van der Waals surface area contributed by atoms with E-state index in [2.05, 4.69) is 5.32 Å². The first-order valence-corrected chi connectivity index (χ1v) is 16.6. The predicted molar refractivity (Wildman–Crippen MR) is 171 cm³/mol. The monoisotopic (exact) mass is 621 g/mol. The van der Waals surface area contributed by atoms with Crippen LogP contribution in [-0.4, -0.2) is 57.5 Å². The molecule has 0 saturated heterocycles. The summed E-state index contributed by atoms with van der Waals surface area (Å²) in [6, 6.07) is 19.6. The topological polar surface area (TPSA) is 105 Å². The lowest BCUT2D eigenvalue weighted by Gasteiger charge is -2.33. The van der Waals surface area contributed by atoms with Gasteiger partial charge in [0, 0.05) is 12.6 Å². The number of ether oxygens (including phenoxy) is 2. The third kappa shape index (κ3) is 8.31. The Kier molecular flexibility index (Phi) is 11.3. The van der Waals surface area contributed by atoms with E-state index < -0.39 is 28.5 Å². The lowest BCUT2D eigenvalue weighted by molar-refractivity contribution is -0.139. The van der Waals surface area contributed by atoms with E-state index in [-0.39, 0.29) is 23.4 Å². The van der Waals surface area contributed by atoms with Gasteiger partial charge in [0.1, 0.15) is 24.1 Å². The molecule has 2 amide bonds. The van der Waals surface area contributed by atoms with Gasteiger partial charge in [-0.25, -0.2) is 8.42 Å². The average molecular weight is 622 g/mol. The normalized spacial score (nSPS) is 14.4. The van der Waals surface area contributed by atoms with Crippen molar-refractivity contribution in [1.82, 2.24) is 10.2 Å². The van der Waals surface area contributed by atoms with Gasteiger partial charge < -0.3 is 19.7 Å². The van der Waals surface area contributed by atoms with Gasteiger partial charge in [-0.1, -0.05) is 49.1 Å². The molecule has 236 valence electrons. The zero-order valence-electron chi connectivity index (χ0n) is 26.0. The molecule has 3 aromatic rings. The van der Waals surface area contributed by atoms with Crippen molar-refractivity contribution in [1.29, 1.82) is 0 Å². The number of sulfonamides is 1. The Morgan fingerprint density at radius 3 is 2.27 bits per heavy atom. The Balaban J connectivity index is 1.67. The van der Waals surface area contributed by atoms with Crippen molar-refractivity contribution >= 4 is 27.5 Å². The maximum Gasteiger partial charge on any atom is 0.264 e. The summed E-state index contributed by atoms with van der Waals surface area (Å²) in [6.45, 7) is 5.49. The zero-order valence-corrected chi connectivity index (χ0v) is 26.8. The number of carbonyl (C=O) groups excluding carboxylic acids is 2. The molecule has 0 aromatic heterocycles. The number of hydrogen-bond acceptors (Lipinski definition) is 6. The number of aryl methyl sites for hydroxylation is 1. The summed E-state index contributed by atoms with van der Waals surface area (Å²) in [5.41, 5.74) is 2.05. The molecule has 3 aromatic carbocycles. The molecular formula is C34H43N3O6S. The molecule has 4 rings (SSSR count). The van der Waals surface area contributed by atoms with Gasteiger partial charge >= 0.3 is 0 Å². The Bertz CT molecular complexity index is 1500. The van der Waals surface area contributed by atoms with Gasteiger partial charge in [0.15, 0.2) is 0 Å². The fraction of sp³-hybridized carbons (Fsp3) is 0.412. The molecule has 0 bridgehead atoms. The molecule has 0 heterocycles. The Morgan fingerprint density at radius 1 is 0.955 bits per heavy atom.